The number of anilines is 1. The summed E-state index contributed by atoms with van der Waals surface area (Å²) in [6, 6.07) is 5.77. The van der Waals surface area contributed by atoms with E-state index in [9.17, 15) is 0 Å². The lowest BCUT2D eigenvalue weighted by molar-refractivity contribution is 0.323. The van der Waals surface area contributed by atoms with Crippen molar-refractivity contribution in [3.63, 3.8) is 0 Å². The van der Waals surface area contributed by atoms with E-state index in [2.05, 4.69) is 10.00 Å². The van der Waals surface area contributed by atoms with Crippen LogP contribution in [-0.4, -0.2) is 34.3 Å². The molecule has 4 nitrogen and oxygen atoms in total. The lowest BCUT2D eigenvalue weighted by Crippen LogP contribution is -2.21. The maximum atomic E-state index is 5.99. The minimum atomic E-state index is 0.568. The van der Waals surface area contributed by atoms with Crippen LogP contribution in [0.15, 0.2) is 18.2 Å². The first kappa shape index (κ1) is 12.8. The van der Waals surface area contributed by atoms with E-state index in [1.54, 1.807) is 0 Å². The topological polar surface area (TPSA) is 47.1 Å². The number of hydrogen-bond acceptors (Lipinski definition) is 3. The van der Waals surface area contributed by atoms with Crippen LogP contribution in [0.3, 0.4) is 0 Å². The van der Waals surface area contributed by atoms with Crippen molar-refractivity contribution in [2.45, 2.75) is 25.8 Å². The van der Waals surface area contributed by atoms with Crippen LogP contribution in [0, 0.1) is 0 Å². The first-order valence-corrected chi connectivity index (χ1v) is 7.26. The van der Waals surface area contributed by atoms with Crippen molar-refractivity contribution in [1.29, 1.82) is 0 Å². The summed E-state index contributed by atoms with van der Waals surface area (Å²) in [5, 5.41) is 6.07. The number of hydrogen-bond donors (Lipinski definition) is 1. The Kier molecular flexibility index (Phi) is 3.62. The number of nitrogens with two attached hydrogens (primary N) is 1. The first-order valence-electron chi connectivity index (χ1n) is 6.88. The lowest BCUT2D eigenvalue weighted by atomic mass is 10.2. The van der Waals surface area contributed by atoms with E-state index < -0.39 is 0 Å². The van der Waals surface area contributed by atoms with Gasteiger partial charge in [-0.1, -0.05) is 11.6 Å². The van der Waals surface area contributed by atoms with Gasteiger partial charge in [-0.25, -0.2) is 0 Å². The third kappa shape index (κ3) is 2.69. The second-order valence-corrected chi connectivity index (χ2v) is 5.61. The molecule has 0 bridgehead atoms. The van der Waals surface area contributed by atoms with E-state index in [0.29, 0.717) is 10.8 Å². The molecule has 1 aliphatic rings. The molecule has 1 aliphatic heterocycles. The number of benzene rings is 1. The highest BCUT2D eigenvalue weighted by Gasteiger charge is 2.12. The Morgan fingerprint density at radius 2 is 2.00 bits per heavy atom. The maximum Gasteiger partial charge on any atom is 0.153 e. The minimum Gasteiger partial charge on any atom is -0.382 e. The average Bonchev–Trinajstić information content (AvgIpc) is 2.99. The number of nitrogen functional groups attached to an aromatic ring is 1. The second-order valence-electron chi connectivity index (χ2n) is 5.17. The van der Waals surface area contributed by atoms with Crippen LogP contribution in [0.4, 0.5) is 5.82 Å². The normalized spacial score (nSPS) is 16.5. The molecule has 0 radical (unpaired) electrons. The van der Waals surface area contributed by atoms with Gasteiger partial charge in [0.15, 0.2) is 5.82 Å². The summed E-state index contributed by atoms with van der Waals surface area (Å²) in [5.41, 5.74) is 7.01. The predicted octanol–water partition coefficient (Wildman–Crippen LogP) is 2.76. The highest BCUT2D eigenvalue weighted by Crippen LogP contribution is 2.24. The van der Waals surface area contributed by atoms with Crippen LogP contribution in [0.2, 0.25) is 5.02 Å². The number of halogens is 1. The van der Waals surface area contributed by atoms with Crippen molar-refractivity contribution < 1.29 is 0 Å². The van der Waals surface area contributed by atoms with Crippen LogP contribution in [0.25, 0.3) is 10.9 Å². The summed E-state index contributed by atoms with van der Waals surface area (Å²) in [5.74, 6) is 0.568. The standard InChI is InChI=1S/C14H19ClN4/c15-11-4-5-13-12(10-11)14(16)17-19(13)9-3-8-18-6-1-2-7-18/h4-5,10H,1-3,6-9H2,(H2,16,17). The summed E-state index contributed by atoms with van der Waals surface area (Å²) < 4.78 is 2.00. The summed E-state index contributed by atoms with van der Waals surface area (Å²) in [6.07, 6.45) is 3.80. The van der Waals surface area contributed by atoms with Gasteiger partial charge in [-0.05, 0) is 57.1 Å². The van der Waals surface area contributed by atoms with Crippen molar-refractivity contribution in [1.82, 2.24) is 14.7 Å². The number of aromatic nitrogens is 2. The van der Waals surface area contributed by atoms with E-state index in [0.717, 1.165) is 30.4 Å². The second kappa shape index (κ2) is 5.39. The number of rotatable bonds is 4. The van der Waals surface area contributed by atoms with Crippen molar-refractivity contribution >= 4 is 28.3 Å². The molecule has 2 heterocycles. The Morgan fingerprint density at radius 3 is 2.79 bits per heavy atom. The molecule has 1 fully saturated rings. The maximum absolute atomic E-state index is 5.99. The molecule has 102 valence electrons. The van der Waals surface area contributed by atoms with Gasteiger partial charge in [0.2, 0.25) is 0 Å². The molecule has 0 aliphatic carbocycles. The zero-order valence-electron chi connectivity index (χ0n) is 11.0. The molecular weight excluding hydrogens is 260 g/mol. The molecule has 0 saturated carbocycles. The largest absolute Gasteiger partial charge is 0.382 e. The molecule has 19 heavy (non-hydrogen) atoms. The van der Waals surface area contributed by atoms with Crippen molar-refractivity contribution in [2.75, 3.05) is 25.4 Å². The molecule has 0 atom stereocenters. The molecule has 0 amide bonds. The first-order chi connectivity index (χ1) is 9.24. The zero-order valence-corrected chi connectivity index (χ0v) is 11.7. The summed E-state index contributed by atoms with van der Waals surface area (Å²) in [6.45, 7) is 4.55. The molecule has 5 heteroatoms. The SMILES string of the molecule is Nc1nn(CCCN2CCCC2)c2ccc(Cl)cc12. The molecule has 0 unspecified atom stereocenters. The quantitative estimate of drug-likeness (QED) is 0.935. The van der Waals surface area contributed by atoms with Gasteiger partial charge in [-0.3, -0.25) is 4.68 Å². The Morgan fingerprint density at radius 1 is 1.21 bits per heavy atom. The van der Waals surface area contributed by atoms with Crippen LogP contribution in [0.5, 0.6) is 0 Å². The molecule has 1 aromatic carbocycles. The number of likely N-dealkylation sites (tertiary alicyclic amines) is 1. The summed E-state index contributed by atoms with van der Waals surface area (Å²) in [4.78, 5) is 2.52. The van der Waals surface area contributed by atoms with E-state index in [4.69, 9.17) is 17.3 Å². The Balaban J connectivity index is 1.70. The summed E-state index contributed by atoms with van der Waals surface area (Å²) in [7, 11) is 0. The van der Waals surface area contributed by atoms with Crippen LogP contribution >= 0.6 is 11.6 Å². The fourth-order valence-corrected chi connectivity index (χ4v) is 2.97. The number of aryl methyl sites for hydroxylation is 1. The van der Waals surface area contributed by atoms with Crippen molar-refractivity contribution in [3.05, 3.63) is 23.2 Å². The van der Waals surface area contributed by atoms with Gasteiger partial charge in [0.05, 0.1) is 5.52 Å². The number of fused-ring (bicyclic) bond motifs is 1. The molecule has 3 rings (SSSR count). The molecular formula is C14H19ClN4. The lowest BCUT2D eigenvalue weighted by Gasteiger charge is -2.14. The number of nitrogens with zero attached hydrogens (tertiary/aromatic N) is 3. The highest BCUT2D eigenvalue weighted by atomic mass is 35.5. The zero-order chi connectivity index (χ0) is 13.2. The van der Waals surface area contributed by atoms with Crippen molar-refractivity contribution in [2.24, 2.45) is 0 Å². The van der Waals surface area contributed by atoms with Crippen molar-refractivity contribution in [3.8, 4) is 0 Å². The fraction of sp³-hybridized carbons (Fsp3) is 0.500. The average molecular weight is 279 g/mol. The highest BCUT2D eigenvalue weighted by molar-refractivity contribution is 6.31. The smallest absolute Gasteiger partial charge is 0.153 e. The van der Waals surface area contributed by atoms with E-state index >= 15 is 0 Å². The van der Waals surface area contributed by atoms with Gasteiger partial charge in [0.25, 0.3) is 0 Å². The Hall–Kier alpha value is -1.26. The summed E-state index contributed by atoms with van der Waals surface area (Å²) >= 11 is 5.99. The third-order valence-electron chi connectivity index (χ3n) is 3.78. The van der Waals surface area contributed by atoms with Gasteiger partial charge in [0.1, 0.15) is 0 Å². The Labute approximate surface area is 118 Å². The van der Waals surface area contributed by atoms with Crippen LogP contribution < -0.4 is 5.73 Å². The van der Waals surface area contributed by atoms with Gasteiger partial charge in [0, 0.05) is 17.0 Å². The minimum absolute atomic E-state index is 0.568. The monoisotopic (exact) mass is 278 g/mol. The van der Waals surface area contributed by atoms with Gasteiger partial charge >= 0.3 is 0 Å². The van der Waals surface area contributed by atoms with E-state index in [-0.39, 0.29) is 0 Å². The third-order valence-corrected chi connectivity index (χ3v) is 4.02. The molecule has 2 aromatic rings. The van der Waals surface area contributed by atoms with Crippen LogP contribution in [-0.2, 0) is 6.54 Å². The fourth-order valence-electron chi connectivity index (χ4n) is 2.80. The molecule has 1 saturated heterocycles. The van der Waals surface area contributed by atoms with E-state index in [1.807, 2.05) is 22.9 Å². The van der Waals surface area contributed by atoms with Crippen LogP contribution in [0.1, 0.15) is 19.3 Å². The molecule has 2 N–H and O–H groups in total. The molecule has 1 aromatic heterocycles. The molecule has 0 spiro atoms. The van der Waals surface area contributed by atoms with Gasteiger partial charge in [-0.2, -0.15) is 5.10 Å². The van der Waals surface area contributed by atoms with Gasteiger partial charge < -0.3 is 10.6 Å². The predicted molar refractivity (Wildman–Crippen MR) is 79.4 cm³/mol. The van der Waals surface area contributed by atoms with Gasteiger partial charge in [-0.15, -0.1) is 0 Å². The van der Waals surface area contributed by atoms with E-state index in [1.165, 1.54) is 25.9 Å². The Bertz CT molecular complexity index is 572.